The van der Waals surface area contributed by atoms with Gasteiger partial charge in [-0.15, -0.1) is 0 Å². The van der Waals surface area contributed by atoms with E-state index in [0.717, 1.165) is 0 Å². The topological polar surface area (TPSA) is 66.9 Å². The average molecular weight is 182 g/mol. The first kappa shape index (κ1) is 13.1. The molecule has 0 saturated carbocycles. The molecular weight excluding hydrogens is 172 g/mol. The molecule has 2 N–H and O–H groups in total. The summed E-state index contributed by atoms with van der Waals surface area (Å²) < 4.78 is 0. The fraction of sp³-hybridized carbons (Fsp3) is 0. The van der Waals surface area contributed by atoms with E-state index in [2.05, 4.69) is 5.73 Å². The van der Waals surface area contributed by atoms with Crippen LogP contribution in [0.2, 0.25) is 0 Å². The fourth-order valence-electron chi connectivity index (χ4n) is 0.513. The zero-order valence-electron chi connectivity index (χ0n) is 6.40. The predicted molar refractivity (Wildman–Crippen MR) is 51.8 cm³/mol. The zero-order valence-corrected chi connectivity index (χ0v) is 7.40. The monoisotopic (exact) mass is 182 g/mol. The molecule has 0 heterocycles. The van der Waals surface area contributed by atoms with Crippen LogP contribution < -0.4 is 5.73 Å². The van der Waals surface area contributed by atoms with Crippen molar-refractivity contribution in [1.29, 1.82) is 5.26 Å². The number of carbonyl (C=O) groups is 1. The summed E-state index contributed by atoms with van der Waals surface area (Å²) in [4.78, 5) is 8.58. The second kappa shape index (κ2) is 9.53. The Morgan fingerprint density at radius 3 is 2.00 bits per heavy atom. The number of nitrogens with zero attached hydrogens (tertiary/aromatic N) is 1. The molecule has 4 heteroatoms. The molecule has 0 spiro atoms. The maximum absolute atomic E-state index is 8.58. The molecule has 0 unspecified atom stereocenters. The molecule has 0 radical (unpaired) electrons. The molecule has 0 fully saturated rings. The fourth-order valence-corrected chi connectivity index (χ4v) is 0.513. The normalized spacial score (nSPS) is 6.25. The predicted octanol–water partition coefficient (Wildman–Crippen LogP) is 0.773. The van der Waals surface area contributed by atoms with E-state index in [4.69, 9.17) is 10.1 Å². The van der Waals surface area contributed by atoms with Gasteiger partial charge in [0.15, 0.2) is 0 Å². The molecule has 3 nitrogen and oxygen atoms in total. The van der Waals surface area contributed by atoms with E-state index in [1.165, 1.54) is 0 Å². The van der Waals surface area contributed by atoms with Crippen molar-refractivity contribution in [2.24, 2.45) is 5.73 Å². The SMILES string of the molecule is N#Cc1ccccc1.NC=O.S. The van der Waals surface area contributed by atoms with Gasteiger partial charge in [0.25, 0.3) is 0 Å². The summed E-state index contributed by atoms with van der Waals surface area (Å²) in [5.41, 5.74) is 4.88. The van der Waals surface area contributed by atoms with Crippen LogP contribution in [0.5, 0.6) is 0 Å². The molecule has 0 atom stereocenters. The van der Waals surface area contributed by atoms with Crippen molar-refractivity contribution < 1.29 is 4.79 Å². The number of hydrogen-bond acceptors (Lipinski definition) is 2. The van der Waals surface area contributed by atoms with Crippen LogP contribution >= 0.6 is 13.5 Å². The van der Waals surface area contributed by atoms with Gasteiger partial charge in [-0.2, -0.15) is 18.8 Å². The van der Waals surface area contributed by atoms with Gasteiger partial charge in [-0.05, 0) is 12.1 Å². The van der Waals surface area contributed by atoms with Crippen LogP contribution in [0.3, 0.4) is 0 Å². The minimum atomic E-state index is 0. The van der Waals surface area contributed by atoms with Crippen LogP contribution in [0.15, 0.2) is 30.3 Å². The summed E-state index contributed by atoms with van der Waals surface area (Å²) in [7, 11) is 0. The summed E-state index contributed by atoms with van der Waals surface area (Å²) in [5, 5.41) is 8.29. The van der Waals surface area contributed by atoms with E-state index in [1.807, 2.05) is 24.3 Å². The molecule has 1 rings (SSSR count). The lowest BCUT2D eigenvalue weighted by atomic mass is 10.2. The van der Waals surface area contributed by atoms with Crippen LogP contribution in [0.4, 0.5) is 0 Å². The Balaban J connectivity index is 0. The number of nitrogens with two attached hydrogens (primary N) is 1. The first-order chi connectivity index (χ1) is 5.35. The molecule has 0 aromatic heterocycles. The summed E-state index contributed by atoms with van der Waals surface area (Å²) in [6.07, 6.45) is 0.250. The molecule has 12 heavy (non-hydrogen) atoms. The van der Waals surface area contributed by atoms with Crippen LogP contribution in [0.25, 0.3) is 0 Å². The lowest BCUT2D eigenvalue weighted by molar-refractivity contribution is -0.106. The van der Waals surface area contributed by atoms with Crippen molar-refractivity contribution in [3.05, 3.63) is 35.9 Å². The van der Waals surface area contributed by atoms with Crippen LogP contribution in [-0.4, -0.2) is 6.41 Å². The lowest BCUT2D eigenvalue weighted by Gasteiger charge is -1.80. The summed E-state index contributed by atoms with van der Waals surface area (Å²) in [6, 6.07) is 11.2. The van der Waals surface area contributed by atoms with Gasteiger partial charge in [-0.1, -0.05) is 18.2 Å². The maximum Gasteiger partial charge on any atom is 0.204 e. The minimum absolute atomic E-state index is 0. The molecule has 0 aliphatic heterocycles. The van der Waals surface area contributed by atoms with E-state index in [-0.39, 0.29) is 19.9 Å². The Morgan fingerprint density at radius 1 is 1.33 bits per heavy atom. The second-order valence-electron chi connectivity index (χ2n) is 1.61. The van der Waals surface area contributed by atoms with Crippen molar-refractivity contribution in [2.45, 2.75) is 0 Å². The molecule has 1 amide bonds. The molecular formula is C8H10N2OS. The molecule has 0 aliphatic carbocycles. The number of benzene rings is 1. The number of nitriles is 1. The first-order valence-corrected chi connectivity index (χ1v) is 2.95. The average Bonchev–Trinajstić information content (AvgIpc) is 2.08. The third kappa shape index (κ3) is 6.65. The van der Waals surface area contributed by atoms with Gasteiger partial charge in [-0.25, -0.2) is 0 Å². The number of hydrogen-bond donors (Lipinski definition) is 1. The van der Waals surface area contributed by atoms with Crippen LogP contribution in [0, 0.1) is 11.3 Å². The van der Waals surface area contributed by atoms with Gasteiger partial charge in [0.2, 0.25) is 6.41 Å². The maximum atomic E-state index is 8.58. The van der Waals surface area contributed by atoms with Crippen molar-refractivity contribution in [3.63, 3.8) is 0 Å². The van der Waals surface area contributed by atoms with Crippen molar-refractivity contribution in [2.75, 3.05) is 0 Å². The number of carbonyl (C=O) groups excluding carboxylic acids is 1. The standard InChI is InChI=1S/C7H5N.CH3NO.H2S/c8-6-7-4-2-1-3-5-7;2-1-3;/h1-5H;1H,(H2,2,3);1H2. The van der Waals surface area contributed by atoms with E-state index >= 15 is 0 Å². The van der Waals surface area contributed by atoms with Crippen molar-refractivity contribution in [3.8, 4) is 6.07 Å². The summed E-state index contributed by atoms with van der Waals surface area (Å²) in [6.45, 7) is 0. The van der Waals surface area contributed by atoms with Crippen LogP contribution in [-0.2, 0) is 4.79 Å². The molecule has 0 bridgehead atoms. The van der Waals surface area contributed by atoms with Crippen molar-refractivity contribution in [1.82, 2.24) is 0 Å². The van der Waals surface area contributed by atoms with Gasteiger partial charge >= 0.3 is 0 Å². The van der Waals surface area contributed by atoms with Crippen molar-refractivity contribution >= 4 is 19.9 Å². The summed E-state index contributed by atoms with van der Waals surface area (Å²) in [5.74, 6) is 0. The van der Waals surface area contributed by atoms with E-state index in [9.17, 15) is 0 Å². The molecule has 64 valence electrons. The van der Waals surface area contributed by atoms with Crippen LogP contribution in [0.1, 0.15) is 5.56 Å². The minimum Gasteiger partial charge on any atom is -0.372 e. The van der Waals surface area contributed by atoms with E-state index in [1.54, 1.807) is 12.1 Å². The van der Waals surface area contributed by atoms with Gasteiger partial charge in [0, 0.05) is 0 Å². The Bertz CT molecular complexity index is 243. The highest BCUT2D eigenvalue weighted by Crippen LogP contribution is 1.92. The highest BCUT2D eigenvalue weighted by molar-refractivity contribution is 7.59. The molecule has 0 aliphatic rings. The number of primary amides is 1. The highest BCUT2D eigenvalue weighted by Gasteiger charge is 1.79. The van der Waals surface area contributed by atoms with E-state index in [0.29, 0.717) is 5.56 Å². The Labute approximate surface area is 78.3 Å². The van der Waals surface area contributed by atoms with Gasteiger partial charge in [-0.3, -0.25) is 4.79 Å². The van der Waals surface area contributed by atoms with Gasteiger partial charge in [0.1, 0.15) is 0 Å². The Hall–Kier alpha value is -1.47. The molecule has 1 aromatic rings. The summed E-state index contributed by atoms with van der Waals surface area (Å²) >= 11 is 0. The second-order valence-corrected chi connectivity index (χ2v) is 1.61. The number of rotatable bonds is 0. The smallest absolute Gasteiger partial charge is 0.204 e. The lowest BCUT2D eigenvalue weighted by Crippen LogP contribution is -1.82. The zero-order chi connectivity index (χ0) is 8.53. The first-order valence-electron chi connectivity index (χ1n) is 2.95. The molecule has 0 saturated heterocycles. The van der Waals surface area contributed by atoms with Gasteiger partial charge < -0.3 is 5.73 Å². The van der Waals surface area contributed by atoms with Gasteiger partial charge in [0.05, 0.1) is 11.6 Å². The number of amides is 1. The molecule has 1 aromatic carbocycles. The third-order valence-electron chi connectivity index (χ3n) is 0.903. The Morgan fingerprint density at radius 2 is 1.75 bits per heavy atom. The van der Waals surface area contributed by atoms with E-state index < -0.39 is 0 Å². The Kier molecular flexibility index (Phi) is 10.4. The largest absolute Gasteiger partial charge is 0.372 e. The third-order valence-corrected chi connectivity index (χ3v) is 0.903. The highest BCUT2D eigenvalue weighted by atomic mass is 32.1. The quantitative estimate of drug-likeness (QED) is 0.602.